The number of hydrogen-bond donors (Lipinski definition) is 4. The number of rotatable bonds is 5. The third-order valence-corrected chi connectivity index (χ3v) is 6.79. The molecule has 0 saturated carbocycles. The van der Waals surface area contributed by atoms with Crippen LogP contribution in [0.15, 0.2) is 32.8 Å². The number of nitrogens with one attached hydrogen (secondary N) is 3. The van der Waals surface area contributed by atoms with Crippen LogP contribution in [0.1, 0.15) is 29.3 Å². The van der Waals surface area contributed by atoms with Gasteiger partial charge in [-0.25, -0.2) is 13.7 Å². The molecule has 2 atom stereocenters. The molecule has 1 aromatic carbocycles. The van der Waals surface area contributed by atoms with Gasteiger partial charge in [-0.3, -0.25) is 15.7 Å². The van der Waals surface area contributed by atoms with E-state index in [1.807, 2.05) is 5.48 Å². The highest BCUT2D eigenvalue weighted by atomic mass is 32.2. The number of nitrogens with zero attached hydrogens (tertiary/aromatic N) is 3. The minimum Gasteiger partial charge on any atom is -0.290 e. The van der Waals surface area contributed by atoms with Crippen molar-refractivity contribution in [2.45, 2.75) is 30.0 Å². The van der Waals surface area contributed by atoms with Crippen LogP contribution in [0.25, 0.3) is 0 Å². The Morgan fingerprint density at radius 2 is 2.32 bits per heavy atom. The smallest absolute Gasteiger partial charge is 0.277 e. The van der Waals surface area contributed by atoms with Crippen LogP contribution in [-0.4, -0.2) is 48.1 Å². The molecule has 13 heteroatoms. The van der Waals surface area contributed by atoms with Gasteiger partial charge in [0, 0.05) is 18.3 Å². The lowest BCUT2D eigenvalue weighted by Gasteiger charge is -2.10. The third-order valence-electron chi connectivity index (χ3n) is 4.49. The van der Waals surface area contributed by atoms with Crippen LogP contribution in [0, 0.1) is 5.82 Å². The Kier molecular flexibility index (Phi) is 5.33. The van der Waals surface area contributed by atoms with Crippen LogP contribution < -0.4 is 14.9 Å². The van der Waals surface area contributed by atoms with Crippen molar-refractivity contribution in [2.75, 3.05) is 12.3 Å². The Hall–Kier alpha value is -2.06. The van der Waals surface area contributed by atoms with Crippen LogP contribution in [0.3, 0.4) is 0 Å². The summed E-state index contributed by atoms with van der Waals surface area (Å²) < 4.78 is 45.9. The molecule has 1 aliphatic heterocycles. The maximum Gasteiger partial charge on any atom is 0.277 e. The summed E-state index contributed by atoms with van der Waals surface area (Å²) in [5.74, 6) is 0.0891. The molecule has 0 amide bonds. The molecule has 2 aliphatic rings. The first kappa shape index (κ1) is 19.3. The fourth-order valence-electron chi connectivity index (χ4n) is 3.19. The van der Waals surface area contributed by atoms with E-state index in [1.54, 1.807) is 6.07 Å². The van der Waals surface area contributed by atoms with Gasteiger partial charge in [-0.1, -0.05) is 17.8 Å². The van der Waals surface area contributed by atoms with Gasteiger partial charge in [0.25, 0.3) is 10.2 Å². The Morgan fingerprint density at radius 3 is 3.07 bits per heavy atom. The highest BCUT2D eigenvalue weighted by Gasteiger charge is 2.28. The summed E-state index contributed by atoms with van der Waals surface area (Å²) in [6.07, 6.45) is 1.43. The van der Waals surface area contributed by atoms with E-state index >= 15 is 0 Å². The number of aryl methyl sites for hydroxylation is 1. The predicted molar refractivity (Wildman–Crippen MR) is 97.8 cm³/mol. The van der Waals surface area contributed by atoms with Gasteiger partial charge in [0.1, 0.15) is 5.82 Å². The van der Waals surface area contributed by atoms with Gasteiger partial charge < -0.3 is 0 Å². The summed E-state index contributed by atoms with van der Waals surface area (Å²) in [4.78, 5) is 4.47. The number of aliphatic imine (C=N–C) groups is 1. The Balaban J connectivity index is 1.52. The van der Waals surface area contributed by atoms with Gasteiger partial charge in [0.2, 0.25) is 0 Å². The topological polar surface area (TPSA) is 142 Å². The second-order valence-electron chi connectivity index (χ2n) is 6.38. The summed E-state index contributed by atoms with van der Waals surface area (Å²) in [5, 5.41) is 17.5. The van der Waals surface area contributed by atoms with Crippen molar-refractivity contribution in [3.63, 3.8) is 0 Å². The van der Waals surface area contributed by atoms with Crippen LogP contribution in [0.4, 0.5) is 4.39 Å². The molecule has 1 aromatic heterocycles. The molecule has 1 aliphatic carbocycles. The highest BCUT2D eigenvalue weighted by molar-refractivity contribution is 7.99. The van der Waals surface area contributed by atoms with Gasteiger partial charge in [0.05, 0.1) is 6.04 Å². The van der Waals surface area contributed by atoms with E-state index < -0.39 is 10.2 Å². The molecule has 1 saturated heterocycles. The Morgan fingerprint density at radius 1 is 1.46 bits per heavy atom. The fourth-order valence-corrected chi connectivity index (χ4v) is 5.32. The normalized spacial score (nSPS) is 23.7. The number of thioether (sulfide) groups is 1. The lowest BCUT2D eigenvalue weighted by molar-refractivity contribution is 0.233. The number of hydrogen-bond acceptors (Lipinski definition) is 8. The van der Waals surface area contributed by atoms with Gasteiger partial charge >= 0.3 is 0 Å². The molecule has 10 nitrogen and oxygen atoms in total. The summed E-state index contributed by atoms with van der Waals surface area (Å²) in [7, 11) is -3.44. The number of aromatic nitrogens is 2. The van der Waals surface area contributed by atoms with Crippen LogP contribution in [0.5, 0.6) is 0 Å². The number of benzene rings is 1. The lowest BCUT2D eigenvalue weighted by atomic mass is 10.1. The van der Waals surface area contributed by atoms with E-state index in [0.29, 0.717) is 17.2 Å². The second kappa shape index (κ2) is 7.75. The van der Waals surface area contributed by atoms with Crippen molar-refractivity contribution >= 4 is 27.8 Å². The van der Waals surface area contributed by atoms with Gasteiger partial charge in [-0.05, 0) is 46.4 Å². The average molecular weight is 428 g/mol. The maximum absolute atomic E-state index is 13.6. The van der Waals surface area contributed by atoms with Crippen molar-refractivity contribution in [2.24, 2.45) is 4.99 Å². The van der Waals surface area contributed by atoms with Gasteiger partial charge in [-0.15, -0.1) is 0 Å². The number of hydroxylamine groups is 1. The molecule has 150 valence electrons. The Bertz CT molecular complexity index is 1010. The first-order valence-corrected chi connectivity index (χ1v) is 10.9. The second-order valence-corrected chi connectivity index (χ2v) is 8.92. The maximum atomic E-state index is 13.6. The van der Waals surface area contributed by atoms with E-state index in [4.69, 9.17) is 4.63 Å². The van der Waals surface area contributed by atoms with Crippen molar-refractivity contribution in [1.29, 1.82) is 0 Å². The zero-order valence-electron chi connectivity index (χ0n) is 14.4. The van der Waals surface area contributed by atoms with Crippen molar-refractivity contribution in [3.05, 3.63) is 40.8 Å². The quantitative estimate of drug-likeness (QED) is 0.234. The molecule has 4 N–H and O–H groups in total. The molecule has 0 spiro atoms. The summed E-state index contributed by atoms with van der Waals surface area (Å²) >= 11 is 1.22. The SMILES string of the molecule is O=S1(=O)NC[C@H](CSc2nonc2C(=N[C@H]2CCc3ccc(F)cc32)NO)N1. The molecular formula is C15H17FN6O4S2. The minimum absolute atomic E-state index is 0.0518. The van der Waals surface area contributed by atoms with E-state index in [1.165, 1.54) is 23.9 Å². The molecule has 0 unspecified atom stereocenters. The predicted octanol–water partition coefficient (Wildman–Crippen LogP) is 0.520. The summed E-state index contributed by atoms with van der Waals surface area (Å²) in [6, 6.07) is 3.95. The summed E-state index contributed by atoms with van der Waals surface area (Å²) in [6.45, 7) is 0.263. The molecule has 0 radical (unpaired) electrons. The zero-order chi connectivity index (χ0) is 19.7. The molecule has 4 rings (SSSR count). The molecule has 1 fully saturated rings. The Labute approximate surface area is 164 Å². The number of halogens is 1. The van der Waals surface area contributed by atoms with Gasteiger partial charge in [0.15, 0.2) is 16.6 Å². The van der Waals surface area contributed by atoms with Crippen molar-refractivity contribution in [3.8, 4) is 0 Å². The van der Waals surface area contributed by atoms with E-state index in [-0.39, 0.29) is 36.0 Å². The lowest BCUT2D eigenvalue weighted by Crippen LogP contribution is -2.29. The largest absolute Gasteiger partial charge is 0.290 e. The average Bonchev–Trinajstić information content (AvgIpc) is 3.36. The number of fused-ring (bicyclic) bond motifs is 1. The first-order valence-electron chi connectivity index (χ1n) is 8.44. The monoisotopic (exact) mass is 428 g/mol. The van der Waals surface area contributed by atoms with Crippen molar-refractivity contribution < 1.29 is 22.6 Å². The summed E-state index contributed by atoms with van der Waals surface area (Å²) in [5.41, 5.74) is 4.00. The standard InChI is InChI=1S/C15H17FN6O4S2/c16-9-3-1-8-2-4-12(11(8)5-9)18-14(19-23)13-15(21-26-20-13)27-7-10-6-17-28(24,25)22-10/h1,3,5,10,12,17,22-23H,2,4,6-7H2,(H,18,19)/t10-,12+/m1/s1. The highest BCUT2D eigenvalue weighted by Crippen LogP contribution is 2.35. The molecule has 28 heavy (non-hydrogen) atoms. The third kappa shape index (κ3) is 4.03. The molecule has 2 aromatic rings. The van der Waals surface area contributed by atoms with Crippen LogP contribution >= 0.6 is 11.8 Å². The van der Waals surface area contributed by atoms with Crippen LogP contribution in [0.2, 0.25) is 0 Å². The van der Waals surface area contributed by atoms with E-state index in [0.717, 1.165) is 17.5 Å². The van der Waals surface area contributed by atoms with Gasteiger partial charge in [-0.2, -0.15) is 13.1 Å². The first-order chi connectivity index (χ1) is 13.4. The molecule has 0 bridgehead atoms. The zero-order valence-corrected chi connectivity index (χ0v) is 16.1. The minimum atomic E-state index is -3.44. The fraction of sp³-hybridized carbons (Fsp3) is 0.400. The van der Waals surface area contributed by atoms with E-state index in [9.17, 15) is 18.0 Å². The van der Waals surface area contributed by atoms with E-state index in [2.05, 4.69) is 24.7 Å². The molecular weight excluding hydrogens is 411 g/mol. The molecule has 2 heterocycles. The van der Waals surface area contributed by atoms with Crippen molar-refractivity contribution in [1.82, 2.24) is 25.2 Å². The number of amidine groups is 1. The van der Waals surface area contributed by atoms with Crippen LogP contribution in [-0.2, 0) is 16.6 Å².